The Kier molecular flexibility index (Phi) is 4.13. The zero-order valence-corrected chi connectivity index (χ0v) is 13.4. The third kappa shape index (κ3) is 2.97. The number of aliphatic carboxylic acids is 1. The Morgan fingerprint density at radius 3 is 2.91 bits per heavy atom. The monoisotopic (exact) mass is 333 g/mol. The Labute approximate surface area is 138 Å². The fraction of sp³-hybridized carbons (Fsp3) is 0.294. The number of carbonyl (C=O) groups excluding carboxylic acids is 1. The quantitative estimate of drug-likeness (QED) is 0.937. The van der Waals surface area contributed by atoms with E-state index in [1.54, 1.807) is 11.8 Å². The number of halogens is 1. The van der Waals surface area contributed by atoms with Crippen LogP contribution in [-0.2, 0) is 24.2 Å². The molecule has 1 aliphatic rings. The highest BCUT2D eigenvalue weighted by atomic mass is 35.5. The second kappa shape index (κ2) is 6.08. The molecule has 3 rings (SSSR count). The van der Waals surface area contributed by atoms with Crippen molar-refractivity contribution < 1.29 is 19.1 Å². The summed E-state index contributed by atoms with van der Waals surface area (Å²) >= 11 is 6.19. The van der Waals surface area contributed by atoms with Gasteiger partial charge in [-0.3, -0.25) is 9.59 Å². The summed E-state index contributed by atoms with van der Waals surface area (Å²) < 4.78 is 5.26. The van der Waals surface area contributed by atoms with Gasteiger partial charge < -0.3 is 14.4 Å². The normalized spacial score (nSPS) is 13.7. The first-order chi connectivity index (χ1) is 11.0. The van der Waals surface area contributed by atoms with Crippen LogP contribution in [0.1, 0.15) is 32.8 Å². The lowest BCUT2D eigenvalue weighted by atomic mass is 9.98. The van der Waals surface area contributed by atoms with Crippen LogP contribution in [0.15, 0.2) is 28.9 Å². The minimum absolute atomic E-state index is 0.196. The molecule has 120 valence electrons. The van der Waals surface area contributed by atoms with Gasteiger partial charge in [0.15, 0.2) is 0 Å². The highest BCUT2D eigenvalue weighted by Crippen LogP contribution is 2.28. The number of carboxylic acid groups (broad SMARTS) is 1. The van der Waals surface area contributed by atoms with Gasteiger partial charge in [0.2, 0.25) is 0 Å². The van der Waals surface area contributed by atoms with E-state index >= 15 is 0 Å². The number of carboxylic acids is 1. The van der Waals surface area contributed by atoms with Crippen molar-refractivity contribution in [1.82, 2.24) is 4.90 Å². The van der Waals surface area contributed by atoms with Crippen molar-refractivity contribution in [3.8, 4) is 0 Å². The number of carbonyl (C=O) groups is 2. The summed E-state index contributed by atoms with van der Waals surface area (Å²) in [4.78, 5) is 25.5. The number of rotatable bonds is 3. The fourth-order valence-electron chi connectivity index (χ4n) is 2.95. The minimum atomic E-state index is -1.02. The molecule has 1 amide bonds. The van der Waals surface area contributed by atoms with Crippen LogP contribution >= 0.6 is 11.6 Å². The van der Waals surface area contributed by atoms with Crippen LogP contribution < -0.4 is 0 Å². The molecule has 0 atom stereocenters. The molecule has 0 unspecified atom stereocenters. The van der Waals surface area contributed by atoms with Crippen LogP contribution in [0, 0.1) is 6.92 Å². The van der Waals surface area contributed by atoms with Gasteiger partial charge in [-0.2, -0.15) is 0 Å². The summed E-state index contributed by atoms with van der Waals surface area (Å²) in [6, 6.07) is 5.68. The molecule has 0 bridgehead atoms. The SMILES string of the molecule is Cc1coc(CC(=O)O)c1C(=O)N1CCc2c(Cl)cccc2C1. The van der Waals surface area contributed by atoms with Crippen LogP contribution in [0.25, 0.3) is 0 Å². The first kappa shape index (κ1) is 15.6. The molecule has 1 aromatic carbocycles. The van der Waals surface area contributed by atoms with Gasteiger partial charge in [0.1, 0.15) is 12.2 Å². The van der Waals surface area contributed by atoms with Crippen LogP contribution in [-0.4, -0.2) is 28.4 Å². The lowest BCUT2D eigenvalue weighted by molar-refractivity contribution is -0.136. The molecule has 0 saturated carbocycles. The molecular formula is C17H16ClNO4. The molecule has 0 radical (unpaired) electrons. The third-order valence-electron chi connectivity index (χ3n) is 4.07. The van der Waals surface area contributed by atoms with Crippen LogP contribution in [0.2, 0.25) is 5.02 Å². The molecule has 5 nitrogen and oxygen atoms in total. The summed E-state index contributed by atoms with van der Waals surface area (Å²) in [5, 5.41) is 9.68. The van der Waals surface area contributed by atoms with E-state index in [-0.39, 0.29) is 18.1 Å². The van der Waals surface area contributed by atoms with Gasteiger partial charge in [-0.25, -0.2) is 0 Å². The van der Waals surface area contributed by atoms with E-state index in [4.69, 9.17) is 21.1 Å². The number of fused-ring (bicyclic) bond motifs is 1. The van der Waals surface area contributed by atoms with Crippen LogP contribution in [0.4, 0.5) is 0 Å². The minimum Gasteiger partial charge on any atom is -0.481 e. The van der Waals surface area contributed by atoms with E-state index in [0.29, 0.717) is 30.6 Å². The van der Waals surface area contributed by atoms with Gasteiger partial charge in [0, 0.05) is 23.7 Å². The lowest BCUT2D eigenvalue weighted by Crippen LogP contribution is -2.36. The number of hydrogen-bond acceptors (Lipinski definition) is 3. The Bertz CT molecular complexity index is 781. The van der Waals surface area contributed by atoms with Crippen molar-refractivity contribution in [2.75, 3.05) is 6.54 Å². The molecule has 2 heterocycles. The van der Waals surface area contributed by atoms with Crippen molar-refractivity contribution in [3.63, 3.8) is 0 Å². The number of amides is 1. The zero-order valence-electron chi connectivity index (χ0n) is 12.6. The van der Waals surface area contributed by atoms with Crippen LogP contribution in [0.5, 0.6) is 0 Å². The Morgan fingerprint density at radius 1 is 1.39 bits per heavy atom. The largest absolute Gasteiger partial charge is 0.481 e. The molecule has 2 aromatic rings. The van der Waals surface area contributed by atoms with E-state index in [9.17, 15) is 9.59 Å². The summed E-state index contributed by atoms with van der Waals surface area (Å²) in [6.45, 7) is 2.76. The van der Waals surface area contributed by atoms with Gasteiger partial charge in [-0.05, 0) is 30.5 Å². The maximum absolute atomic E-state index is 12.8. The summed E-state index contributed by atoms with van der Waals surface area (Å²) in [7, 11) is 0. The maximum atomic E-state index is 12.8. The Morgan fingerprint density at radius 2 is 2.17 bits per heavy atom. The number of furan rings is 1. The molecule has 1 aliphatic heterocycles. The molecule has 6 heteroatoms. The van der Waals surface area contributed by atoms with E-state index in [1.807, 2.05) is 18.2 Å². The number of aryl methyl sites for hydroxylation is 1. The summed E-state index contributed by atoms with van der Waals surface area (Å²) in [5.41, 5.74) is 3.12. The zero-order chi connectivity index (χ0) is 16.6. The molecule has 0 spiro atoms. The van der Waals surface area contributed by atoms with Crippen molar-refractivity contribution in [2.45, 2.75) is 26.3 Å². The summed E-state index contributed by atoms with van der Waals surface area (Å²) in [6.07, 6.45) is 1.82. The van der Waals surface area contributed by atoms with Crippen LogP contribution in [0.3, 0.4) is 0 Å². The number of nitrogens with zero attached hydrogens (tertiary/aromatic N) is 1. The highest BCUT2D eigenvalue weighted by molar-refractivity contribution is 6.31. The second-order valence-electron chi connectivity index (χ2n) is 5.64. The molecule has 0 fully saturated rings. The smallest absolute Gasteiger partial charge is 0.311 e. The first-order valence-electron chi connectivity index (χ1n) is 7.31. The van der Waals surface area contributed by atoms with Crippen molar-refractivity contribution in [3.05, 3.63) is 57.5 Å². The average Bonchev–Trinajstić information content (AvgIpc) is 2.86. The number of hydrogen-bond donors (Lipinski definition) is 1. The van der Waals surface area contributed by atoms with E-state index in [2.05, 4.69) is 0 Å². The first-order valence-corrected chi connectivity index (χ1v) is 7.69. The Balaban J connectivity index is 1.88. The molecule has 23 heavy (non-hydrogen) atoms. The number of benzene rings is 1. The molecule has 1 N–H and O–H groups in total. The molecule has 1 aromatic heterocycles. The topological polar surface area (TPSA) is 70.7 Å². The molecule has 0 aliphatic carbocycles. The van der Waals surface area contributed by atoms with Gasteiger partial charge in [0.25, 0.3) is 5.91 Å². The van der Waals surface area contributed by atoms with Crippen molar-refractivity contribution in [2.24, 2.45) is 0 Å². The summed E-state index contributed by atoms with van der Waals surface area (Å²) in [5.74, 6) is -1.01. The standard InChI is InChI=1S/C17H16ClNO4/c1-10-9-23-14(7-15(20)21)16(10)17(22)19-6-5-12-11(8-19)3-2-4-13(12)18/h2-4,9H,5-8H2,1H3,(H,20,21). The second-order valence-corrected chi connectivity index (χ2v) is 6.05. The van der Waals surface area contributed by atoms with Gasteiger partial charge in [0.05, 0.1) is 11.8 Å². The maximum Gasteiger partial charge on any atom is 0.311 e. The van der Waals surface area contributed by atoms with Gasteiger partial charge in [-0.15, -0.1) is 0 Å². The predicted molar refractivity (Wildman–Crippen MR) is 84.7 cm³/mol. The lowest BCUT2D eigenvalue weighted by Gasteiger charge is -2.29. The third-order valence-corrected chi connectivity index (χ3v) is 4.43. The predicted octanol–water partition coefficient (Wildman–Crippen LogP) is 3.07. The fourth-order valence-corrected chi connectivity index (χ4v) is 3.24. The Hall–Kier alpha value is -2.27. The van der Waals surface area contributed by atoms with Crippen molar-refractivity contribution in [1.29, 1.82) is 0 Å². The van der Waals surface area contributed by atoms with E-state index in [0.717, 1.165) is 16.1 Å². The van der Waals surface area contributed by atoms with Gasteiger partial charge in [-0.1, -0.05) is 23.7 Å². The highest BCUT2D eigenvalue weighted by Gasteiger charge is 2.28. The molecule has 0 saturated heterocycles. The van der Waals surface area contributed by atoms with Gasteiger partial charge >= 0.3 is 5.97 Å². The molecular weight excluding hydrogens is 318 g/mol. The average molecular weight is 334 g/mol. The van der Waals surface area contributed by atoms with E-state index in [1.165, 1.54) is 6.26 Å². The van der Waals surface area contributed by atoms with Crippen molar-refractivity contribution >= 4 is 23.5 Å². The van der Waals surface area contributed by atoms with E-state index < -0.39 is 5.97 Å².